The fourth-order valence-corrected chi connectivity index (χ4v) is 3.97. The molecular weight excluding hydrogens is 292 g/mol. The van der Waals surface area contributed by atoms with E-state index in [1.165, 1.54) is 29.8 Å². The number of carbonyl (C=O) groups excluding carboxylic acids is 1. The zero-order valence-electron chi connectivity index (χ0n) is 13.2. The first kappa shape index (κ1) is 15.2. The monoisotopic (exact) mass is 314 g/mol. The Morgan fingerprint density at radius 3 is 2.91 bits per heavy atom. The molecule has 22 heavy (non-hydrogen) atoms. The van der Waals surface area contributed by atoms with Gasteiger partial charge in [-0.15, -0.1) is 11.3 Å². The van der Waals surface area contributed by atoms with Crippen LogP contribution in [0.4, 0.5) is 5.69 Å². The van der Waals surface area contributed by atoms with E-state index in [0.29, 0.717) is 6.42 Å². The number of nitrogens with zero attached hydrogens (tertiary/aromatic N) is 1. The van der Waals surface area contributed by atoms with Gasteiger partial charge in [0.2, 0.25) is 5.91 Å². The molecule has 0 unspecified atom stereocenters. The first-order valence-corrected chi connectivity index (χ1v) is 8.78. The van der Waals surface area contributed by atoms with E-state index in [1.807, 2.05) is 26.0 Å². The fraction of sp³-hybridized carbons (Fsp3) is 0.444. The van der Waals surface area contributed by atoms with Crippen molar-refractivity contribution in [3.63, 3.8) is 0 Å². The van der Waals surface area contributed by atoms with Gasteiger partial charge >= 0.3 is 0 Å². The molecule has 0 radical (unpaired) electrons. The summed E-state index contributed by atoms with van der Waals surface area (Å²) in [6.07, 6.45) is 6.06. The first-order chi connectivity index (χ1) is 10.6. The van der Waals surface area contributed by atoms with Crippen molar-refractivity contribution in [2.24, 2.45) is 0 Å². The largest absolute Gasteiger partial charge is 0.326 e. The summed E-state index contributed by atoms with van der Waals surface area (Å²) in [6, 6.07) is 6.13. The van der Waals surface area contributed by atoms with Gasteiger partial charge in [0.25, 0.3) is 0 Å². The summed E-state index contributed by atoms with van der Waals surface area (Å²) in [5.74, 6) is 0.0712. The summed E-state index contributed by atoms with van der Waals surface area (Å²) in [6.45, 7) is 4.05. The molecule has 1 amide bonds. The van der Waals surface area contributed by atoms with E-state index in [2.05, 4.69) is 11.4 Å². The van der Waals surface area contributed by atoms with E-state index in [9.17, 15) is 4.79 Å². The van der Waals surface area contributed by atoms with E-state index in [0.717, 1.165) is 34.7 Å². The van der Waals surface area contributed by atoms with Crippen molar-refractivity contribution in [1.82, 2.24) is 4.98 Å². The van der Waals surface area contributed by atoms with E-state index in [-0.39, 0.29) is 5.91 Å². The Balaban J connectivity index is 1.58. The summed E-state index contributed by atoms with van der Waals surface area (Å²) in [5, 5.41) is 4.13. The lowest BCUT2D eigenvalue weighted by atomic mass is 10.0. The molecule has 0 saturated carbocycles. The highest BCUT2D eigenvalue weighted by molar-refractivity contribution is 7.11. The van der Waals surface area contributed by atoms with Crippen LogP contribution in [-0.2, 0) is 24.1 Å². The van der Waals surface area contributed by atoms with Gasteiger partial charge in [-0.3, -0.25) is 4.79 Å². The lowest BCUT2D eigenvalue weighted by molar-refractivity contribution is -0.116. The van der Waals surface area contributed by atoms with Gasteiger partial charge in [0.15, 0.2) is 0 Å². The molecule has 4 heteroatoms. The van der Waals surface area contributed by atoms with Crippen molar-refractivity contribution in [2.75, 3.05) is 5.32 Å². The molecule has 1 aromatic carbocycles. The van der Waals surface area contributed by atoms with Crippen molar-refractivity contribution in [1.29, 1.82) is 0 Å². The van der Waals surface area contributed by atoms with Gasteiger partial charge in [-0.2, -0.15) is 0 Å². The summed E-state index contributed by atoms with van der Waals surface area (Å²) in [5.41, 5.74) is 4.46. The van der Waals surface area contributed by atoms with Crippen molar-refractivity contribution < 1.29 is 4.79 Å². The molecule has 0 aliphatic heterocycles. The molecular formula is C18H22N2OS. The number of nitrogens with one attached hydrogen (secondary N) is 1. The van der Waals surface area contributed by atoms with Crippen LogP contribution in [0.5, 0.6) is 0 Å². The highest BCUT2D eigenvalue weighted by Gasteiger charge is 2.15. The predicted octanol–water partition coefficient (Wildman–Crippen LogP) is 4.21. The van der Waals surface area contributed by atoms with Crippen molar-refractivity contribution in [3.8, 4) is 0 Å². The maximum absolute atomic E-state index is 12.2. The van der Waals surface area contributed by atoms with Crippen LogP contribution in [0.3, 0.4) is 0 Å². The Kier molecular flexibility index (Phi) is 4.57. The number of hydrogen-bond donors (Lipinski definition) is 1. The number of aromatic nitrogens is 1. The molecule has 1 N–H and O–H groups in total. The third-order valence-corrected chi connectivity index (χ3v) is 5.34. The number of thiazole rings is 1. The Bertz CT molecular complexity index is 667. The van der Waals surface area contributed by atoms with Crippen LogP contribution in [0.25, 0.3) is 0 Å². The maximum Gasteiger partial charge on any atom is 0.224 e. The second-order valence-corrected chi connectivity index (χ2v) is 7.22. The Morgan fingerprint density at radius 2 is 2.09 bits per heavy atom. The minimum atomic E-state index is 0.0712. The van der Waals surface area contributed by atoms with Crippen LogP contribution in [0.15, 0.2) is 18.2 Å². The van der Waals surface area contributed by atoms with Gasteiger partial charge in [-0.25, -0.2) is 4.98 Å². The first-order valence-electron chi connectivity index (χ1n) is 7.96. The average Bonchev–Trinajstić information content (AvgIpc) is 2.92. The number of aryl methyl sites for hydroxylation is 5. The van der Waals surface area contributed by atoms with Crippen LogP contribution in [0.1, 0.15) is 46.0 Å². The topological polar surface area (TPSA) is 42.0 Å². The van der Waals surface area contributed by atoms with E-state index in [1.54, 1.807) is 11.3 Å². The summed E-state index contributed by atoms with van der Waals surface area (Å²) in [4.78, 5) is 18.3. The number of carbonyl (C=O) groups is 1. The molecule has 3 rings (SSSR count). The zero-order valence-corrected chi connectivity index (χ0v) is 14.1. The summed E-state index contributed by atoms with van der Waals surface area (Å²) in [7, 11) is 0. The van der Waals surface area contributed by atoms with Crippen LogP contribution >= 0.6 is 11.3 Å². The van der Waals surface area contributed by atoms with Crippen molar-refractivity contribution in [3.05, 3.63) is 44.9 Å². The molecule has 2 aromatic rings. The number of benzene rings is 1. The Hall–Kier alpha value is -1.68. The molecule has 1 aliphatic carbocycles. The lowest BCUT2D eigenvalue weighted by Crippen LogP contribution is -2.13. The van der Waals surface area contributed by atoms with Gasteiger partial charge in [-0.1, -0.05) is 12.1 Å². The quantitative estimate of drug-likeness (QED) is 0.918. The second kappa shape index (κ2) is 6.61. The zero-order chi connectivity index (χ0) is 15.5. The highest BCUT2D eigenvalue weighted by Crippen LogP contribution is 2.27. The molecule has 0 bridgehead atoms. The van der Waals surface area contributed by atoms with Crippen LogP contribution in [0, 0.1) is 13.8 Å². The predicted molar refractivity (Wildman–Crippen MR) is 91.6 cm³/mol. The fourth-order valence-electron chi connectivity index (χ4n) is 2.82. The normalized spacial score (nSPS) is 13.7. The molecule has 116 valence electrons. The maximum atomic E-state index is 12.2. The number of rotatable bonds is 4. The molecule has 3 nitrogen and oxygen atoms in total. The van der Waals surface area contributed by atoms with E-state index >= 15 is 0 Å². The van der Waals surface area contributed by atoms with Gasteiger partial charge in [0.05, 0.1) is 10.7 Å². The molecule has 1 aliphatic rings. The third kappa shape index (κ3) is 3.55. The van der Waals surface area contributed by atoms with Crippen LogP contribution in [0.2, 0.25) is 0 Å². The minimum absolute atomic E-state index is 0.0712. The molecule has 0 saturated heterocycles. The number of hydrogen-bond acceptors (Lipinski definition) is 3. The summed E-state index contributed by atoms with van der Waals surface area (Å²) < 4.78 is 0. The molecule has 1 aromatic heterocycles. The van der Waals surface area contributed by atoms with Gasteiger partial charge in [-0.05, 0) is 56.7 Å². The van der Waals surface area contributed by atoms with E-state index < -0.39 is 0 Å². The lowest BCUT2D eigenvalue weighted by Gasteiger charge is -2.08. The van der Waals surface area contributed by atoms with Crippen LogP contribution < -0.4 is 5.32 Å². The Morgan fingerprint density at radius 1 is 1.27 bits per heavy atom. The van der Waals surface area contributed by atoms with Crippen molar-refractivity contribution in [2.45, 2.75) is 52.4 Å². The second-order valence-electron chi connectivity index (χ2n) is 6.05. The van der Waals surface area contributed by atoms with Gasteiger partial charge < -0.3 is 5.32 Å². The number of fused-ring (bicyclic) bond motifs is 1. The molecule has 0 spiro atoms. The smallest absolute Gasteiger partial charge is 0.224 e. The highest BCUT2D eigenvalue weighted by atomic mass is 32.1. The summed E-state index contributed by atoms with van der Waals surface area (Å²) >= 11 is 1.80. The van der Waals surface area contributed by atoms with Gasteiger partial charge in [0, 0.05) is 23.4 Å². The van der Waals surface area contributed by atoms with Gasteiger partial charge in [0.1, 0.15) is 0 Å². The van der Waals surface area contributed by atoms with Crippen LogP contribution in [-0.4, -0.2) is 10.9 Å². The minimum Gasteiger partial charge on any atom is -0.326 e. The van der Waals surface area contributed by atoms with E-state index in [4.69, 9.17) is 4.98 Å². The molecule has 0 atom stereocenters. The van der Waals surface area contributed by atoms with Crippen molar-refractivity contribution >= 4 is 22.9 Å². The Labute approximate surface area is 135 Å². The standard InChI is InChI=1S/C18H22N2OS/c1-12-7-8-13(2)15(11-12)19-17(21)9-10-18-20-14-5-3-4-6-16(14)22-18/h7-8,11H,3-6,9-10H2,1-2H3,(H,19,21). The number of amides is 1. The number of anilines is 1. The molecule has 0 fully saturated rings. The molecule has 1 heterocycles. The average molecular weight is 314 g/mol. The third-order valence-electron chi connectivity index (χ3n) is 4.12. The SMILES string of the molecule is Cc1ccc(C)c(NC(=O)CCc2nc3c(s2)CCCC3)c1.